The fraction of sp³-hybridized carbons (Fsp3) is 0.176. The number of carbonyl (C=O) groups is 1. The lowest BCUT2D eigenvalue weighted by Gasteiger charge is -2.18. The third kappa shape index (κ3) is 2.30. The number of carbonyl (C=O) groups excluding carboxylic acids is 1. The standard InChI is InChI=1S/C17H16N4O/c22-17-8-6-11-5-7-12(9-15(11)19-17)18-10-16-13-3-1-2-4-14(13)20-21-16/h1-5,7,9,18H,6,8,10H2,(H,19,22)(H,20,21). The highest BCUT2D eigenvalue weighted by Crippen LogP contribution is 2.26. The predicted molar refractivity (Wildman–Crippen MR) is 86.8 cm³/mol. The molecule has 0 unspecified atom stereocenters. The van der Waals surface area contributed by atoms with Crippen molar-refractivity contribution in [3.8, 4) is 0 Å². The third-order valence-corrected chi connectivity index (χ3v) is 4.02. The van der Waals surface area contributed by atoms with Crippen molar-refractivity contribution in [1.29, 1.82) is 0 Å². The van der Waals surface area contributed by atoms with Crippen molar-refractivity contribution in [2.75, 3.05) is 10.6 Å². The van der Waals surface area contributed by atoms with Crippen LogP contribution in [-0.2, 0) is 17.8 Å². The van der Waals surface area contributed by atoms with Crippen molar-refractivity contribution < 1.29 is 4.79 Å². The highest BCUT2D eigenvalue weighted by atomic mass is 16.1. The average Bonchev–Trinajstić information content (AvgIpc) is 2.96. The maximum absolute atomic E-state index is 11.5. The normalized spacial score (nSPS) is 13.7. The SMILES string of the molecule is O=C1CCc2ccc(NCc3[nH]nc4ccccc34)cc2N1. The van der Waals surface area contributed by atoms with E-state index in [4.69, 9.17) is 0 Å². The Balaban J connectivity index is 1.54. The van der Waals surface area contributed by atoms with Crippen molar-refractivity contribution in [1.82, 2.24) is 10.2 Å². The Kier molecular flexibility index (Phi) is 3.04. The number of H-pyrrole nitrogens is 1. The summed E-state index contributed by atoms with van der Waals surface area (Å²) in [5.41, 5.74) is 5.11. The van der Waals surface area contributed by atoms with Gasteiger partial charge in [0.05, 0.1) is 17.8 Å². The molecule has 22 heavy (non-hydrogen) atoms. The Bertz CT molecular complexity index is 853. The van der Waals surface area contributed by atoms with Gasteiger partial charge in [-0.1, -0.05) is 24.3 Å². The van der Waals surface area contributed by atoms with Crippen molar-refractivity contribution in [2.24, 2.45) is 0 Å². The number of rotatable bonds is 3. The summed E-state index contributed by atoms with van der Waals surface area (Å²) in [4.78, 5) is 11.5. The van der Waals surface area contributed by atoms with Crippen LogP contribution in [0.2, 0.25) is 0 Å². The van der Waals surface area contributed by atoms with Crippen LogP contribution in [0, 0.1) is 0 Å². The van der Waals surface area contributed by atoms with Gasteiger partial charge < -0.3 is 10.6 Å². The molecule has 0 aliphatic carbocycles. The molecule has 3 N–H and O–H groups in total. The molecule has 3 aromatic rings. The van der Waals surface area contributed by atoms with Crippen LogP contribution in [0.5, 0.6) is 0 Å². The maximum Gasteiger partial charge on any atom is 0.224 e. The van der Waals surface area contributed by atoms with Crippen molar-refractivity contribution >= 4 is 28.2 Å². The largest absolute Gasteiger partial charge is 0.379 e. The molecule has 2 heterocycles. The van der Waals surface area contributed by atoms with Gasteiger partial charge in [0.25, 0.3) is 0 Å². The van der Waals surface area contributed by atoms with E-state index in [1.165, 1.54) is 5.56 Å². The van der Waals surface area contributed by atoms with Gasteiger partial charge in [0.15, 0.2) is 0 Å². The molecule has 1 aromatic heterocycles. The molecule has 0 fully saturated rings. The maximum atomic E-state index is 11.5. The number of hydrogen-bond acceptors (Lipinski definition) is 3. The van der Waals surface area contributed by atoms with Crippen LogP contribution in [0.4, 0.5) is 11.4 Å². The van der Waals surface area contributed by atoms with Gasteiger partial charge in [-0.3, -0.25) is 9.89 Å². The second kappa shape index (κ2) is 5.18. The zero-order chi connectivity index (χ0) is 14.9. The first kappa shape index (κ1) is 12.9. The second-order valence-electron chi connectivity index (χ2n) is 5.49. The third-order valence-electron chi connectivity index (χ3n) is 4.02. The molecule has 2 aromatic carbocycles. The molecule has 4 rings (SSSR count). The zero-order valence-corrected chi connectivity index (χ0v) is 12.0. The highest BCUT2D eigenvalue weighted by Gasteiger charge is 2.14. The lowest BCUT2D eigenvalue weighted by atomic mass is 10.0. The molecule has 0 spiro atoms. The number of amides is 1. The number of fused-ring (bicyclic) bond motifs is 2. The number of nitrogens with one attached hydrogen (secondary N) is 3. The van der Waals surface area contributed by atoms with Crippen molar-refractivity contribution in [3.63, 3.8) is 0 Å². The lowest BCUT2D eigenvalue weighted by Crippen LogP contribution is -2.19. The minimum Gasteiger partial charge on any atom is -0.379 e. The molecule has 0 bridgehead atoms. The van der Waals surface area contributed by atoms with E-state index in [9.17, 15) is 4.79 Å². The topological polar surface area (TPSA) is 69.8 Å². The summed E-state index contributed by atoms with van der Waals surface area (Å²) in [5.74, 6) is 0.0872. The van der Waals surface area contributed by atoms with E-state index in [-0.39, 0.29) is 5.91 Å². The molecule has 0 saturated carbocycles. The van der Waals surface area contributed by atoms with Crippen LogP contribution in [0.25, 0.3) is 10.9 Å². The van der Waals surface area contributed by atoms with Crippen LogP contribution in [0.1, 0.15) is 17.7 Å². The van der Waals surface area contributed by atoms with Crippen LogP contribution < -0.4 is 10.6 Å². The highest BCUT2D eigenvalue weighted by molar-refractivity contribution is 5.94. The number of anilines is 2. The Labute approximate surface area is 127 Å². The summed E-state index contributed by atoms with van der Waals surface area (Å²) in [6.07, 6.45) is 1.38. The van der Waals surface area contributed by atoms with Gasteiger partial charge in [-0.2, -0.15) is 5.10 Å². The summed E-state index contributed by atoms with van der Waals surface area (Å²) in [5, 5.41) is 14.8. The Morgan fingerprint density at radius 3 is 3.00 bits per heavy atom. The Morgan fingerprint density at radius 1 is 1.14 bits per heavy atom. The lowest BCUT2D eigenvalue weighted by molar-refractivity contribution is -0.116. The predicted octanol–water partition coefficient (Wildman–Crippen LogP) is 3.06. The van der Waals surface area contributed by atoms with Crippen molar-refractivity contribution in [2.45, 2.75) is 19.4 Å². The fourth-order valence-corrected chi connectivity index (χ4v) is 2.82. The number of aryl methyl sites for hydroxylation is 1. The van der Waals surface area contributed by atoms with Gasteiger partial charge in [0.1, 0.15) is 0 Å². The fourth-order valence-electron chi connectivity index (χ4n) is 2.82. The van der Waals surface area contributed by atoms with E-state index < -0.39 is 0 Å². The number of nitrogens with zero attached hydrogens (tertiary/aromatic N) is 1. The average molecular weight is 292 g/mol. The Hall–Kier alpha value is -2.82. The van der Waals surface area contributed by atoms with E-state index in [0.29, 0.717) is 13.0 Å². The number of hydrogen-bond donors (Lipinski definition) is 3. The first-order valence-corrected chi connectivity index (χ1v) is 7.38. The molecule has 1 amide bonds. The first-order valence-electron chi connectivity index (χ1n) is 7.38. The molecule has 1 aliphatic heterocycles. The summed E-state index contributed by atoms with van der Waals surface area (Å²) in [6.45, 7) is 0.660. The van der Waals surface area contributed by atoms with Gasteiger partial charge in [-0.15, -0.1) is 0 Å². The molecule has 1 aliphatic rings. The Morgan fingerprint density at radius 2 is 2.05 bits per heavy atom. The molecular formula is C17H16N4O. The molecule has 0 radical (unpaired) electrons. The van der Waals surface area contributed by atoms with E-state index in [1.807, 2.05) is 24.3 Å². The molecule has 5 nitrogen and oxygen atoms in total. The van der Waals surface area contributed by atoms with Gasteiger partial charge in [-0.25, -0.2) is 0 Å². The van der Waals surface area contributed by atoms with Crippen LogP contribution in [-0.4, -0.2) is 16.1 Å². The molecular weight excluding hydrogens is 276 g/mol. The summed E-state index contributed by atoms with van der Waals surface area (Å²) < 4.78 is 0. The van der Waals surface area contributed by atoms with Gasteiger partial charge in [0, 0.05) is 23.2 Å². The van der Waals surface area contributed by atoms with Crippen LogP contribution >= 0.6 is 0 Å². The number of benzene rings is 2. The second-order valence-corrected chi connectivity index (χ2v) is 5.49. The molecule has 0 atom stereocenters. The van der Waals surface area contributed by atoms with Crippen LogP contribution in [0.3, 0.4) is 0 Å². The van der Waals surface area contributed by atoms with E-state index in [2.05, 4.69) is 39.0 Å². The zero-order valence-electron chi connectivity index (χ0n) is 12.0. The van der Waals surface area contributed by atoms with Gasteiger partial charge in [-0.05, 0) is 30.2 Å². The molecule has 110 valence electrons. The molecule has 0 saturated heterocycles. The monoisotopic (exact) mass is 292 g/mol. The minimum atomic E-state index is 0.0872. The van der Waals surface area contributed by atoms with Crippen molar-refractivity contribution in [3.05, 3.63) is 53.7 Å². The molecule has 5 heteroatoms. The van der Waals surface area contributed by atoms with Gasteiger partial charge >= 0.3 is 0 Å². The summed E-state index contributed by atoms with van der Waals surface area (Å²) >= 11 is 0. The summed E-state index contributed by atoms with van der Waals surface area (Å²) in [7, 11) is 0. The van der Waals surface area contributed by atoms with E-state index in [0.717, 1.165) is 34.4 Å². The smallest absolute Gasteiger partial charge is 0.224 e. The first-order chi connectivity index (χ1) is 10.8. The number of para-hydroxylation sites is 1. The summed E-state index contributed by atoms with van der Waals surface area (Å²) in [6, 6.07) is 14.1. The van der Waals surface area contributed by atoms with Crippen LogP contribution in [0.15, 0.2) is 42.5 Å². The minimum absolute atomic E-state index is 0.0872. The van der Waals surface area contributed by atoms with Gasteiger partial charge in [0.2, 0.25) is 5.91 Å². The van der Waals surface area contributed by atoms with E-state index in [1.54, 1.807) is 0 Å². The number of aromatic nitrogens is 2. The quantitative estimate of drug-likeness (QED) is 0.695. The number of aromatic amines is 1. The van der Waals surface area contributed by atoms with E-state index >= 15 is 0 Å².